The Balaban J connectivity index is 1.47. The third-order valence-electron chi connectivity index (χ3n) is 6.17. The summed E-state index contributed by atoms with van der Waals surface area (Å²) in [6.07, 6.45) is 0.578. The van der Waals surface area contributed by atoms with Crippen LogP contribution in [0.25, 0.3) is 0 Å². The normalized spacial score (nSPS) is 16.2. The van der Waals surface area contributed by atoms with E-state index in [9.17, 15) is 22.0 Å². The average molecular weight is 485 g/mol. The summed E-state index contributed by atoms with van der Waals surface area (Å²) in [7, 11) is -4.19. The summed E-state index contributed by atoms with van der Waals surface area (Å²) in [5, 5.41) is 3.12. The molecule has 8 heteroatoms. The molecule has 34 heavy (non-hydrogen) atoms. The van der Waals surface area contributed by atoms with Crippen molar-refractivity contribution in [3.63, 3.8) is 0 Å². The van der Waals surface area contributed by atoms with E-state index in [4.69, 9.17) is 0 Å². The number of carbonyl (C=O) groups is 1. The molecule has 3 aromatic carbocycles. The number of carbonyl (C=O) groups excluding carboxylic acids is 1. The second kappa shape index (κ2) is 10.0. The van der Waals surface area contributed by atoms with Crippen molar-refractivity contribution in [3.05, 3.63) is 101 Å². The van der Waals surface area contributed by atoms with E-state index >= 15 is 0 Å². The molecule has 5 nitrogen and oxygen atoms in total. The SMILES string of the molecule is Cc1ccc([C@@H](NC(=O)C2CCN(S(=O)(=O)c3cc(F)ccc3F)CC2)c2ccccc2)cc1. The first kappa shape index (κ1) is 24.0. The third kappa shape index (κ3) is 5.18. The number of hydrogen-bond acceptors (Lipinski definition) is 3. The van der Waals surface area contributed by atoms with Gasteiger partial charge in [-0.1, -0.05) is 60.2 Å². The number of hydrogen-bond donors (Lipinski definition) is 1. The molecule has 1 aliphatic rings. The van der Waals surface area contributed by atoms with Gasteiger partial charge in [-0.3, -0.25) is 4.79 Å². The van der Waals surface area contributed by atoms with Crippen LogP contribution in [0.3, 0.4) is 0 Å². The van der Waals surface area contributed by atoms with Crippen LogP contribution in [-0.4, -0.2) is 31.7 Å². The molecule has 0 aromatic heterocycles. The van der Waals surface area contributed by atoms with E-state index in [-0.39, 0.29) is 43.8 Å². The van der Waals surface area contributed by atoms with Crippen LogP contribution in [0, 0.1) is 24.5 Å². The van der Waals surface area contributed by atoms with E-state index in [1.165, 1.54) is 0 Å². The van der Waals surface area contributed by atoms with Crippen LogP contribution in [0.4, 0.5) is 8.78 Å². The Morgan fingerprint density at radius 3 is 2.21 bits per heavy atom. The first-order valence-corrected chi connectivity index (χ1v) is 12.6. The van der Waals surface area contributed by atoms with Gasteiger partial charge in [0.2, 0.25) is 15.9 Å². The van der Waals surface area contributed by atoms with Crippen molar-refractivity contribution >= 4 is 15.9 Å². The van der Waals surface area contributed by atoms with Crippen molar-refractivity contribution in [2.45, 2.75) is 30.7 Å². The Bertz CT molecular complexity index is 1260. The highest BCUT2D eigenvalue weighted by Crippen LogP contribution is 2.28. The molecule has 4 rings (SSSR count). The predicted octanol–water partition coefficient (Wildman–Crippen LogP) is 4.58. The molecular formula is C26H26F2N2O3S. The second-order valence-corrected chi connectivity index (χ2v) is 10.4. The molecule has 1 heterocycles. The van der Waals surface area contributed by atoms with Gasteiger partial charge in [0, 0.05) is 19.0 Å². The van der Waals surface area contributed by atoms with Gasteiger partial charge in [-0.25, -0.2) is 17.2 Å². The highest BCUT2D eigenvalue weighted by molar-refractivity contribution is 7.89. The number of benzene rings is 3. The summed E-state index contributed by atoms with van der Waals surface area (Å²) in [5.41, 5.74) is 3.01. The van der Waals surface area contributed by atoms with Gasteiger partial charge in [-0.15, -0.1) is 0 Å². The number of amides is 1. The van der Waals surface area contributed by atoms with E-state index in [0.717, 1.165) is 33.1 Å². The van der Waals surface area contributed by atoms with Crippen molar-refractivity contribution in [2.24, 2.45) is 5.92 Å². The smallest absolute Gasteiger partial charge is 0.246 e. The third-order valence-corrected chi connectivity index (χ3v) is 8.08. The summed E-state index contributed by atoms with van der Waals surface area (Å²) in [6, 6.07) is 19.6. The van der Waals surface area contributed by atoms with Gasteiger partial charge in [0.25, 0.3) is 0 Å². The number of nitrogens with zero attached hydrogens (tertiary/aromatic N) is 1. The maximum atomic E-state index is 14.1. The van der Waals surface area contributed by atoms with Gasteiger partial charge in [0.1, 0.15) is 16.5 Å². The summed E-state index contributed by atoms with van der Waals surface area (Å²) >= 11 is 0. The minimum atomic E-state index is -4.19. The van der Waals surface area contributed by atoms with E-state index in [1.807, 2.05) is 61.5 Å². The number of sulfonamides is 1. The Hall–Kier alpha value is -3.10. The van der Waals surface area contributed by atoms with E-state index in [0.29, 0.717) is 6.07 Å². The molecule has 0 bridgehead atoms. The Kier molecular flexibility index (Phi) is 7.09. The van der Waals surface area contributed by atoms with Crippen LogP contribution in [-0.2, 0) is 14.8 Å². The number of nitrogens with one attached hydrogen (secondary N) is 1. The number of halogens is 2. The molecule has 0 radical (unpaired) electrons. The quantitative estimate of drug-likeness (QED) is 0.557. The first-order valence-electron chi connectivity index (χ1n) is 11.1. The zero-order chi connectivity index (χ0) is 24.3. The standard InChI is InChI=1S/C26H26F2N2O3S/c1-18-7-9-20(10-8-18)25(19-5-3-2-4-6-19)29-26(31)21-13-15-30(16-14-21)34(32,33)24-17-22(27)11-12-23(24)28/h2-12,17,21,25H,13-16H2,1H3,(H,29,31)/t25-/m0/s1. The van der Waals surface area contributed by atoms with Crippen molar-refractivity contribution in [1.29, 1.82) is 0 Å². The fourth-order valence-electron chi connectivity index (χ4n) is 4.20. The van der Waals surface area contributed by atoms with E-state index in [2.05, 4.69) is 5.32 Å². The lowest BCUT2D eigenvalue weighted by Crippen LogP contribution is -2.44. The van der Waals surface area contributed by atoms with Gasteiger partial charge >= 0.3 is 0 Å². The summed E-state index contributed by atoms with van der Waals surface area (Å²) in [4.78, 5) is 12.5. The maximum Gasteiger partial charge on any atom is 0.246 e. The molecule has 1 aliphatic heterocycles. The van der Waals surface area contributed by atoms with Crippen LogP contribution in [0.15, 0.2) is 77.7 Å². The van der Waals surface area contributed by atoms with Crippen LogP contribution >= 0.6 is 0 Å². The molecule has 0 aliphatic carbocycles. The first-order chi connectivity index (χ1) is 16.3. The monoisotopic (exact) mass is 484 g/mol. The molecule has 0 saturated carbocycles. The van der Waals surface area contributed by atoms with E-state index in [1.54, 1.807) is 0 Å². The molecule has 0 spiro atoms. The molecule has 1 atom stereocenters. The zero-order valence-electron chi connectivity index (χ0n) is 18.7. The van der Waals surface area contributed by atoms with Gasteiger partial charge in [-0.2, -0.15) is 4.31 Å². The number of aryl methyl sites for hydroxylation is 1. The lowest BCUT2D eigenvalue weighted by Gasteiger charge is -2.31. The molecular weight excluding hydrogens is 458 g/mol. The fourth-order valence-corrected chi connectivity index (χ4v) is 5.74. The molecule has 1 amide bonds. The van der Waals surface area contributed by atoms with Gasteiger partial charge in [-0.05, 0) is 49.1 Å². The predicted molar refractivity (Wildman–Crippen MR) is 125 cm³/mol. The average Bonchev–Trinajstić information content (AvgIpc) is 2.85. The highest BCUT2D eigenvalue weighted by Gasteiger charge is 2.34. The number of rotatable bonds is 6. The molecule has 1 N–H and O–H groups in total. The van der Waals surface area contributed by atoms with Crippen LogP contribution in [0.5, 0.6) is 0 Å². The highest BCUT2D eigenvalue weighted by atomic mass is 32.2. The van der Waals surface area contributed by atoms with Crippen molar-refractivity contribution in [3.8, 4) is 0 Å². The minimum absolute atomic E-state index is 0.0525. The van der Waals surface area contributed by atoms with Crippen molar-refractivity contribution in [1.82, 2.24) is 9.62 Å². The lowest BCUT2D eigenvalue weighted by molar-refractivity contribution is -0.126. The topological polar surface area (TPSA) is 66.5 Å². The van der Waals surface area contributed by atoms with Gasteiger partial charge < -0.3 is 5.32 Å². The largest absolute Gasteiger partial charge is 0.345 e. The van der Waals surface area contributed by atoms with Gasteiger partial charge in [0.05, 0.1) is 6.04 Å². The summed E-state index contributed by atoms with van der Waals surface area (Å²) in [5.74, 6) is -2.37. The molecule has 3 aromatic rings. The molecule has 1 saturated heterocycles. The summed E-state index contributed by atoms with van der Waals surface area (Å²) in [6.45, 7) is 2.10. The minimum Gasteiger partial charge on any atom is -0.345 e. The summed E-state index contributed by atoms with van der Waals surface area (Å²) < 4.78 is 54.4. The molecule has 1 fully saturated rings. The Morgan fingerprint density at radius 1 is 0.941 bits per heavy atom. The van der Waals surface area contributed by atoms with Crippen LogP contribution < -0.4 is 5.32 Å². The van der Waals surface area contributed by atoms with E-state index < -0.39 is 26.6 Å². The van der Waals surface area contributed by atoms with Gasteiger partial charge in [0.15, 0.2) is 0 Å². The van der Waals surface area contributed by atoms with Crippen molar-refractivity contribution < 1.29 is 22.0 Å². The van der Waals surface area contributed by atoms with Crippen molar-refractivity contribution in [2.75, 3.05) is 13.1 Å². The molecule has 178 valence electrons. The second-order valence-electron chi connectivity index (χ2n) is 8.52. The Labute approximate surface area is 198 Å². The Morgan fingerprint density at radius 2 is 1.56 bits per heavy atom. The van der Waals surface area contributed by atoms with Crippen LogP contribution in [0.1, 0.15) is 35.6 Å². The zero-order valence-corrected chi connectivity index (χ0v) is 19.6. The van der Waals surface area contributed by atoms with Crippen LogP contribution in [0.2, 0.25) is 0 Å². The fraction of sp³-hybridized carbons (Fsp3) is 0.269. The maximum absolute atomic E-state index is 14.1. The molecule has 0 unspecified atom stereocenters. The lowest BCUT2D eigenvalue weighted by atomic mass is 9.94. The number of piperidine rings is 1.